The Morgan fingerprint density at radius 1 is 0.842 bits per heavy atom. The molecule has 4 aromatic rings. The number of nitrogens with zero attached hydrogens (tertiary/aromatic N) is 3. The maximum absolute atomic E-state index is 4.54. The monoisotopic (exact) mass is 491 g/mol. The molecule has 0 amide bonds. The minimum Gasteiger partial charge on any atom is -0.308 e. The maximum atomic E-state index is 4.54. The van der Waals surface area contributed by atoms with Gasteiger partial charge in [0.1, 0.15) is 6.33 Å². The minimum atomic E-state index is 0.896. The molecule has 3 heteroatoms. The normalized spacial score (nSPS) is 14.6. The van der Waals surface area contributed by atoms with Crippen LogP contribution >= 0.6 is 0 Å². The van der Waals surface area contributed by atoms with E-state index in [0.29, 0.717) is 0 Å². The molecule has 3 nitrogen and oxygen atoms in total. The van der Waals surface area contributed by atoms with Crippen LogP contribution in [0.15, 0.2) is 140 Å². The lowest BCUT2D eigenvalue weighted by molar-refractivity contribution is 1.13. The van der Waals surface area contributed by atoms with Gasteiger partial charge < -0.3 is 4.90 Å². The van der Waals surface area contributed by atoms with Gasteiger partial charge in [-0.1, -0.05) is 92.4 Å². The Balaban J connectivity index is 1.42. The Morgan fingerprint density at radius 2 is 1.53 bits per heavy atom. The van der Waals surface area contributed by atoms with Gasteiger partial charge in [-0.2, -0.15) is 0 Å². The number of para-hydroxylation sites is 1. The van der Waals surface area contributed by atoms with Crippen LogP contribution in [0.5, 0.6) is 0 Å². The standard InChI is InChI=1S/C35H29N3/c1-3-10-32(34-16-9-11-27-21-35(34)25(2)31-14-7-8-15-33(27)31)26-17-19-29(20-18-26)38(28-12-5-4-6-13-28)30-22-36-24-37-23-30/h4-20,22-24H,2-3,21H2,1H3/b32-10-. The van der Waals surface area contributed by atoms with Crippen molar-refractivity contribution in [3.63, 3.8) is 0 Å². The Morgan fingerprint density at radius 3 is 2.26 bits per heavy atom. The van der Waals surface area contributed by atoms with E-state index in [9.17, 15) is 0 Å². The van der Waals surface area contributed by atoms with Gasteiger partial charge in [-0.15, -0.1) is 0 Å². The first kappa shape index (κ1) is 23.6. The Labute approximate surface area is 224 Å². The predicted molar refractivity (Wildman–Crippen MR) is 159 cm³/mol. The molecule has 0 radical (unpaired) electrons. The summed E-state index contributed by atoms with van der Waals surface area (Å²) >= 11 is 0. The summed E-state index contributed by atoms with van der Waals surface area (Å²) in [6, 6.07) is 27.7. The van der Waals surface area contributed by atoms with Gasteiger partial charge in [0.25, 0.3) is 0 Å². The van der Waals surface area contributed by atoms with Crippen LogP contribution in [-0.4, -0.2) is 9.97 Å². The van der Waals surface area contributed by atoms with Crippen LogP contribution < -0.4 is 4.90 Å². The summed E-state index contributed by atoms with van der Waals surface area (Å²) in [6.07, 6.45) is 16.1. The summed E-state index contributed by atoms with van der Waals surface area (Å²) in [5, 5.41) is 0. The van der Waals surface area contributed by atoms with Crippen LogP contribution in [0.3, 0.4) is 0 Å². The van der Waals surface area contributed by atoms with Crippen LogP contribution in [0.2, 0.25) is 0 Å². The van der Waals surface area contributed by atoms with Gasteiger partial charge in [0.05, 0.1) is 18.1 Å². The van der Waals surface area contributed by atoms with E-state index in [2.05, 4.69) is 113 Å². The number of anilines is 3. The molecule has 184 valence electrons. The third-order valence-electron chi connectivity index (χ3n) is 7.17. The number of aromatic nitrogens is 2. The number of hydrogen-bond donors (Lipinski definition) is 0. The topological polar surface area (TPSA) is 29.0 Å². The van der Waals surface area contributed by atoms with Crippen LogP contribution in [0.4, 0.5) is 17.1 Å². The van der Waals surface area contributed by atoms with E-state index in [-0.39, 0.29) is 0 Å². The predicted octanol–water partition coefficient (Wildman–Crippen LogP) is 9.11. The molecule has 0 spiro atoms. The van der Waals surface area contributed by atoms with Crippen molar-refractivity contribution in [2.24, 2.45) is 0 Å². The van der Waals surface area contributed by atoms with Gasteiger partial charge in [0, 0.05) is 11.4 Å². The fraction of sp³-hybridized carbons (Fsp3) is 0.0857. The highest BCUT2D eigenvalue weighted by Gasteiger charge is 2.25. The van der Waals surface area contributed by atoms with Gasteiger partial charge in [-0.05, 0) is 81.7 Å². The van der Waals surface area contributed by atoms with Crippen molar-refractivity contribution in [3.8, 4) is 0 Å². The first-order valence-electron chi connectivity index (χ1n) is 13.0. The van der Waals surface area contributed by atoms with Crippen molar-refractivity contribution < 1.29 is 0 Å². The average Bonchev–Trinajstić information content (AvgIpc) is 3.18. The van der Waals surface area contributed by atoms with E-state index < -0.39 is 0 Å². The zero-order chi connectivity index (χ0) is 25.9. The second kappa shape index (κ2) is 10.3. The summed E-state index contributed by atoms with van der Waals surface area (Å²) < 4.78 is 0. The highest BCUT2D eigenvalue weighted by Crippen LogP contribution is 2.46. The molecule has 2 aliphatic rings. The van der Waals surface area contributed by atoms with E-state index in [0.717, 1.165) is 35.5 Å². The number of hydrogen-bond acceptors (Lipinski definition) is 3. The van der Waals surface area contributed by atoms with Crippen molar-refractivity contribution in [2.45, 2.75) is 19.8 Å². The molecule has 2 bridgehead atoms. The highest BCUT2D eigenvalue weighted by atomic mass is 15.2. The van der Waals surface area contributed by atoms with Gasteiger partial charge in [0.15, 0.2) is 0 Å². The SMILES string of the molecule is C=C1C2=C(/C(=C\CC)c3ccc(N(c4ccccc4)c4cncnc4)cc3)C=CC=C(C2)c2ccccc21. The summed E-state index contributed by atoms with van der Waals surface area (Å²) in [5.41, 5.74) is 13.0. The molecule has 1 aromatic heterocycles. The summed E-state index contributed by atoms with van der Waals surface area (Å²) in [4.78, 5) is 10.7. The van der Waals surface area contributed by atoms with Gasteiger partial charge in [-0.3, -0.25) is 0 Å². The van der Waals surface area contributed by atoms with E-state index in [1.54, 1.807) is 6.33 Å². The van der Waals surface area contributed by atoms with Crippen LogP contribution in [0.25, 0.3) is 16.7 Å². The molecule has 2 aliphatic carbocycles. The molecule has 3 aromatic carbocycles. The van der Waals surface area contributed by atoms with Crippen molar-refractivity contribution >= 4 is 33.8 Å². The molecule has 0 saturated heterocycles. The molecular formula is C35H29N3. The van der Waals surface area contributed by atoms with E-state index >= 15 is 0 Å². The zero-order valence-electron chi connectivity index (χ0n) is 21.5. The molecule has 0 saturated carbocycles. The second-order valence-electron chi connectivity index (χ2n) is 9.48. The largest absolute Gasteiger partial charge is 0.308 e. The average molecular weight is 492 g/mol. The Kier molecular flexibility index (Phi) is 6.41. The quantitative estimate of drug-likeness (QED) is 0.269. The second-order valence-corrected chi connectivity index (χ2v) is 9.48. The third kappa shape index (κ3) is 4.33. The molecule has 0 unspecified atom stereocenters. The van der Waals surface area contributed by atoms with Crippen LogP contribution in [0, 0.1) is 0 Å². The van der Waals surface area contributed by atoms with Crippen molar-refractivity contribution in [1.29, 1.82) is 0 Å². The molecule has 38 heavy (non-hydrogen) atoms. The lowest BCUT2D eigenvalue weighted by Gasteiger charge is -2.26. The Bertz CT molecular complexity index is 1570. The molecule has 1 heterocycles. The fourth-order valence-corrected chi connectivity index (χ4v) is 5.41. The third-order valence-corrected chi connectivity index (χ3v) is 7.17. The number of allylic oxidation sites excluding steroid dienone is 9. The molecule has 0 N–H and O–H groups in total. The fourth-order valence-electron chi connectivity index (χ4n) is 5.41. The molecular weight excluding hydrogens is 462 g/mol. The lowest BCUT2D eigenvalue weighted by atomic mass is 9.78. The minimum absolute atomic E-state index is 0.896. The lowest BCUT2D eigenvalue weighted by Crippen LogP contribution is -2.10. The smallest absolute Gasteiger partial charge is 0.115 e. The van der Waals surface area contributed by atoms with Crippen molar-refractivity contribution in [1.82, 2.24) is 9.97 Å². The Hall–Kier alpha value is -4.76. The number of fused-ring (bicyclic) bond motifs is 4. The number of benzene rings is 3. The van der Waals surface area contributed by atoms with E-state index in [4.69, 9.17) is 0 Å². The maximum Gasteiger partial charge on any atom is 0.115 e. The van der Waals surface area contributed by atoms with E-state index in [1.165, 1.54) is 39.0 Å². The molecule has 6 rings (SSSR count). The number of rotatable bonds is 6. The first-order valence-corrected chi connectivity index (χ1v) is 13.0. The molecule has 0 aliphatic heterocycles. The first-order chi connectivity index (χ1) is 18.7. The van der Waals surface area contributed by atoms with Gasteiger partial charge >= 0.3 is 0 Å². The van der Waals surface area contributed by atoms with E-state index in [1.807, 2.05) is 30.6 Å². The van der Waals surface area contributed by atoms with Gasteiger partial charge in [0.2, 0.25) is 0 Å². The van der Waals surface area contributed by atoms with Crippen molar-refractivity contribution in [2.75, 3.05) is 4.90 Å². The highest BCUT2D eigenvalue weighted by molar-refractivity contribution is 5.99. The van der Waals surface area contributed by atoms with Crippen LogP contribution in [0.1, 0.15) is 36.5 Å². The molecule has 0 fully saturated rings. The zero-order valence-corrected chi connectivity index (χ0v) is 21.5. The summed E-state index contributed by atoms with van der Waals surface area (Å²) in [7, 11) is 0. The molecule has 0 atom stereocenters. The van der Waals surface area contributed by atoms with Crippen LogP contribution in [-0.2, 0) is 0 Å². The van der Waals surface area contributed by atoms with Gasteiger partial charge in [-0.25, -0.2) is 9.97 Å². The summed E-state index contributed by atoms with van der Waals surface area (Å²) in [5.74, 6) is 0. The van der Waals surface area contributed by atoms with Crippen molar-refractivity contribution in [3.05, 3.63) is 156 Å². The summed E-state index contributed by atoms with van der Waals surface area (Å²) in [6.45, 7) is 6.74.